The average molecular weight is 853 g/mol. The van der Waals surface area contributed by atoms with Crippen molar-refractivity contribution < 1.29 is 33.6 Å². The Balaban J connectivity index is 4.02. The standard InChI is InChI=1S/C53H104O7/c1-5-9-13-17-23-31-39-49(40-32-24-18-14-10-6-2)59-52(55)43-35-27-21-29-37-45-57-48-51(47-54)58-46-38-30-22-28-36-44-53(56)60-50(41-33-25-19-15-11-7-3)42-34-26-20-16-12-8-4/h49-51,54H,5-48H2,1-4H3. The van der Waals surface area contributed by atoms with Gasteiger partial charge in [0.1, 0.15) is 18.3 Å². The lowest BCUT2D eigenvalue weighted by molar-refractivity contribution is -0.151. The topological polar surface area (TPSA) is 91.3 Å². The Labute approximate surface area is 373 Å². The van der Waals surface area contributed by atoms with Crippen LogP contribution in [0.3, 0.4) is 0 Å². The lowest BCUT2D eigenvalue weighted by Gasteiger charge is -2.18. The molecule has 7 heteroatoms. The number of hydrogen-bond donors (Lipinski definition) is 1. The minimum absolute atomic E-state index is 0.00612. The molecule has 0 amide bonds. The van der Waals surface area contributed by atoms with Crippen LogP contribution in [-0.2, 0) is 28.5 Å². The number of rotatable bonds is 50. The first-order chi connectivity index (χ1) is 29.5. The van der Waals surface area contributed by atoms with E-state index in [-0.39, 0.29) is 36.9 Å². The zero-order chi connectivity index (χ0) is 43.8. The van der Waals surface area contributed by atoms with Crippen molar-refractivity contribution in [3.05, 3.63) is 0 Å². The molecule has 1 unspecified atom stereocenters. The normalized spacial score (nSPS) is 12.2. The van der Waals surface area contributed by atoms with Gasteiger partial charge in [-0.3, -0.25) is 9.59 Å². The minimum atomic E-state index is -0.280. The Bertz CT molecular complexity index is 834. The Morgan fingerprint density at radius 1 is 0.367 bits per heavy atom. The van der Waals surface area contributed by atoms with E-state index in [2.05, 4.69) is 27.7 Å². The van der Waals surface area contributed by atoms with Crippen molar-refractivity contribution in [1.29, 1.82) is 0 Å². The third-order valence-electron chi connectivity index (χ3n) is 12.2. The smallest absolute Gasteiger partial charge is 0.306 e. The van der Waals surface area contributed by atoms with Crippen molar-refractivity contribution in [2.75, 3.05) is 26.4 Å². The van der Waals surface area contributed by atoms with Gasteiger partial charge in [-0.2, -0.15) is 0 Å². The number of carbonyl (C=O) groups is 2. The highest BCUT2D eigenvalue weighted by atomic mass is 16.5. The largest absolute Gasteiger partial charge is 0.462 e. The maximum absolute atomic E-state index is 12.7. The van der Waals surface area contributed by atoms with E-state index in [0.717, 1.165) is 89.9 Å². The summed E-state index contributed by atoms with van der Waals surface area (Å²) in [6.07, 6.45) is 45.8. The second-order valence-electron chi connectivity index (χ2n) is 18.2. The highest BCUT2D eigenvalue weighted by Crippen LogP contribution is 2.20. The highest BCUT2D eigenvalue weighted by molar-refractivity contribution is 5.69. The van der Waals surface area contributed by atoms with Gasteiger partial charge in [0.15, 0.2) is 0 Å². The summed E-state index contributed by atoms with van der Waals surface area (Å²) in [5, 5.41) is 9.77. The molecule has 0 aromatic heterocycles. The monoisotopic (exact) mass is 853 g/mol. The number of carbonyl (C=O) groups excluding carboxylic acids is 2. The van der Waals surface area contributed by atoms with E-state index >= 15 is 0 Å². The highest BCUT2D eigenvalue weighted by Gasteiger charge is 2.16. The van der Waals surface area contributed by atoms with E-state index in [0.29, 0.717) is 32.7 Å². The van der Waals surface area contributed by atoms with Crippen molar-refractivity contribution in [3.8, 4) is 0 Å². The summed E-state index contributed by atoms with van der Waals surface area (Å²) in [4.78, 5) is 25.4. The second-order valence-corrected chi connectivity index (χ2v) is 18.2. The molecule has 0 fully saturated rings. The predicted octanol–water partition coefficient (Wildman–Crippen LogP) is 15.9. The molecule has 0 bridgehead atoms. The summed E-state index contributed by atoms with van der Waals surface area (Å²) in [7, 11) is 0. The van der Waals surface area contributed by atoms with Gasteiger partial charge >= 0.3 is 11.9 Å². The molecule has 0 spiro atoms. The maximum Gasteiger partial charge on any atom is 0.306 e. The fourth-order valence-electron chi connectivity index (χ4n) is 8.15. The predicted molar refractivity (Wildman–Crippen MR) is 255 cm³/mol. The van der Waals surface area contributed by atoms with Crippen LogP contribution in [0.2, 0.25) is 0 Å². The zero-order valence-electron chi connectivity index (χ0n) is 40.7. The van der Waals surface area contributed by atoms with Gasteiger partial charge in [-0.1, -0.05) is 195 Å². The summed E-state index contributed by atoms with van der Waals surface area (Å²) >= 11 is 0. The lowest BCUT2D eigenvalue weighted by Crippen LogP contribution is -2.24. The molecule has 0 rings (SSSR count). The van der Waals surface area contributed by atoms with Crippen LogP contribution in [0.5, 0.6) is 0 Å². The van der Waals surface area contributed by atoms with Crippen LogP contribution in [0, 0.1) is 0 Å². The van der Waals surface area contributed by atoms with Crippen LogP contribution in [0.1, 0.15) is 285 Å². The van der Waals surface area contributed by atoms with E-state index in [4.69, 9.17) is 18.9 Å². The first-order valence-electron chi connectivity index (χ1n) is 26.7. The van der Waals surface area contributed by atoms with Gasteiger partial charge < -0.3 is 24.1 Å². The van der Waals surface area contributed by atoms with Gasteiger partial charge in [-0.15, -0.1) is 0 Å². The molecular weight excluding hydrogens is 749 g/mol. The van der Waals surface area contributed by atoms with E-state index < -0.39 is 0 Å². The summed E-state index contributed by atoms with van der Waals surface area (Å²) in [6, 6.07) is 0. The number of esters is 2. The van der Waals surface area contributed by atoms with Crippen LogP contribution in [-0.4, -0.2) is 61.8 Å². The van der Waals surface area contributed by atoms with Crippen molar-refractivity contribution in [1.82, 2.24) is 0 Å². The number of aliphatic hydroxyl groups excluding tert-OH is 1. The van der Waals surface area contributed by atoms with E-state index in [1.165, 1.54) is 154 Å². The molecule has 1 atom stereocenters. The fraction of sp³-hybridized carbons (Fsp3) is 0.962. The maximum atomic E-state index is 12.7. The minimum Gasteiger partial charge on any atom is -0.462 e. The molecule has 0 radical (unpaired) electrons. The Morgan fingerprint density at radius 2 is 0.667 bits per heavy atom. The molecular formula is C53H104O7. The molecule has 60 heavy (non-hydrogen) atoms. The zero-order valence-corrected chi connectivity index (χ0v) is 40.7. The van der Waals surface area contributed by atoms with Crippen LogP contribution in [0.4, 0.5) is 0 Å². The van der Waals surface area contributed by atoms with E-state index in [1.807, 2.05) is 0 Å². The lowest BCUT2D eigenvalue weighted by atomic mass is 10.0. The van der Waals surface area contributed by atoms with Crippen LogP contribution in [0.25, 0.3) is 0 Å². The molecule has 7 nitrogen and oxygen atoms in total. The second kappa shape index (κ2) is 48.8. The Kier molecular flexibility index (Phi) is 47.9. The van der Waals surface area contributed by atoms with Gasteiger partial charge in [-0.05, 0) is 77.0 Å². The Morgan fingerprint density at radius 3 is 1.02 bits per heavy atom. The fourth-order valence-corrected chi connectivity index (χ4v) is 8.15. The molecule has 0 saturated carbocycles. The summed E-state index contributed by atoms with van der Waals surface area (Å²) in [6.45, 7) is 10.7. The SMILES string of the molecule is CCCCCCCCC(CCCCCCCC)OC(=O)CCCCCCCOCC(CO)OCCCCCCCC(=O)OC(CCCCCCCC)CCCCCCCC. The van der Waals surface area contributed by atoms with Crippen molar-refractivity contribution >= 4 is 11.9 Å². The van der Waals surface area contributed by atoms with Crippen LogP contribution in [0.15, 0.2) is 0 Å². The third kappa shape index (κ3) is 43.5. The molecule has 0 aliphatic heterocycles. The van der Waals surface area contributed by atoms with Crippen LogP contribution < -0.4 is 0 Å². The molecule has 0 aromatic carbocycles. The van der Waals surface area contributed by atoms with E-state index in [9.17, 15) is 14.7 Å². The average Bonchev–Trinajstić information content (AvgIpc) is 3.24. The third-order valence-corrected chi connectivity index (χ3v) is 12.2. The van der Waals surface area contributed by atoms with Crippen molar-refractivity contribution in [2.24, 2.45) is 0 Å². The molecule has 358 valence electrons. The van der Waals surface area contributed by atoms with Crippen LogP contribution >= 0.6 is 0 Å². The Hall–Kier alpha value is -1.18. The number of unbranched alkanes of at least 4 members (excludes halogenated alkanes) is 28. The molecule has 0 saturated heterocycles. The summed E-state index contributed by atoms with van der Waals surface area (Å²) < 4.78 is 23.7. The van der Waals surface area contributed by atoms with Gasteiger partial charge in [0.25, 0.3) is 0 Å². The number of ether oxygens (including phenoxy) is 4. The summed E-state index contributed by atoms with van der Waals surface area (Å²) in [5.41, 5.74) is 0. The van der Waals surface area contributed by atoms with Crippen molar-refractivity contribution in [2.45, 2.75) is 303 Å². The molecule has 0 aliphatic rings. The molecule has 0 aromatic rings. The molecule has 0 heterocycles. The first kappa shape index (κ1) is 58.8. The first-order valence-corrected chi connectivity index (χ1v) is 26.7. The van der Waals surface area contributed by atoms with Gasteiger partial charge in [0.2, 0.25) is 0 Å². The number of hydrogen-bond acceptors (Lipinski definition) is 7. The van der Waals surface area contributed by atoms with Crippen molar-refractivity contribution in [3.63, 3.8) is 0 Å². The number of aliphatic hydroxyl groups is 1. The van der Waals surface area contributed by atoms with Gasteiger partial charge in [-0.25, -0.2) is 0 Å². The molecule has 1 N–H and O–H groups in total. The quantitative estimate of drug-likeness (QED) is 0.0481. The molecule has 0 aliphatic carbocycles. The van der Waals surface area contributed by atoms with E-state index in [1.54, 1.807) is 0 Å². The summed E-state index contributed by atoms with van der Waals surface area (Å²) in [5.74, 6) is -0.0162. The van der Waals surface area contributed by atoms with Gasteiger partial charge in [0.05, 0.1) is 13.2 Å². The van der Waals surface area contributed by atoms with Gasteiger partial charge in [0, 0.05) is 26.1 Å².